The highest BCUT2D eigenvalue weighted by Crippen LogP contribution is 2.31. The van der Waals surface area contributed by atoms with E-state index in [0.29, 0.717) is 13.0 Å². The number of hydrogen-bond acceptors (Lipinski definition) is 3. The summed E-state index contributed by atoms with van der Waals surface area (Å²) in [5, 5.41) is 9.48. The molecule has 7 heteroatoms. The van der Waals surface area contributed by atoms with Crippen LogP contribution in [0, 0.1) is 0 Å². The number of rotatable bonds is 6. The molecule has 2 aromatic rings. The molecule has 6 nitrogen and oxygen atoms in total. The third kappa shape index (κ3) is 5.48. The highest BCUT2D eigenvalue weighted by Gasteiger charge is 2.24. The molecule has 3 N–H and O–H groups in total. The molecule has 1 aromatic carbocycles. The predicted molar refractivity (Wildman–Crippen MR) is 114 cm³/mol. The van der Waals surface area contributed by atoms with Crippen LogP contribution in [0.2, 0.25) is 0 Å². The van der Waals surface area contributed by atoms with E-state index in [9.17, 15) is 4.79 Å². The van der Waals surface area contributed by atoms with Gasteiger partial charge in [0.05, 0.1) is 12.8 Å². The van der Waals surface area contributed by atoms with Crippen molar-refractivity contribution in [1.82, 2.24) is 10.6 Å². The lowest BCUT2D eigenvalue weighted by Crippen LogP contribution is -2.38. The van der Waals surface area contributed by atoms with Gasteiger partial charge in [0.2, 0.25) is 5.91 Å². The first-order valence-corrected chi connectivity index (χ1v) is 8.69. The third-order valence-corrected chi connectivity index (χ3v) is 4.16. The van der Waals surface area contributed by atoms with E-state index < -0.39 is 0 Å². The molecule has 26 heavy (non-hydrogen) atoms. The summed E-state index contributed by atoms with van der Waals surface area (Å²) in [7, 11) is 0. The normalized spacial score (nSPS) is 16.3. The van der Waals surface area contributed by atoms with E-state index >= 15 is 0 Å². The molecular formula is C19H25IN4O2. The van der Waals surface area contributed by atoms with Crippen LogP contribution in [-0.2, 0) is 11.2 Å². The van der Waals surface area contributed by atoms with Crippen LogP contribution < -0.4 is 16.0 Å². The standard InChI is InChI=1S/C19H24N4O2.HI/c1-2-20-19(21-10-9-15-6-5-11-25-15)22-13-14-12-18(24)23-17-8-4-3-7-16(14)17;/h3-8,11,14H,2,9-10,12-13H2,1H3,(H,23,24)(H2,20,21,22);1H. The number of nitrogens with one attached hydrogen (secondary N) is 3. The number of fused-ring (bicyclic) bond motifs is 1. The Morgan fingerprint density at radius 3 is 2.88 bits per heavy atom. The minimum atomic E-state index is 0. The molecule has 1 aliphatic rings. The van der Waals surface area contributed by atoms with Gasteiger partial charge in [-0.2, -0.15) is 0 Å². The Kier molecular flexibility index (Phi) is 7.96. The van der Waals surface area contributed by atoms with Crippen molar-refractivity contribution in [2.75, 3.05) is 25.0 Å². The van der Waals surface area contributed by atoms with Gasteiger partial charge in [0, 0.05) is 37.5 Å². The van der Waals surface area contributed by atoms with Crippen molar-refractivity contribution in [2.45, 2.75) is 25.7 Å². The summed E-state index contributed by atoms with van der Waals surface area (Å²) >= 11 is 0. The van der Waals surface area contributed by atoms with Crippen molar-refractivity contribution < 1.29 is 9.21 Å². The quantitative estimate of drug-likeness (QED) is 0.346. The lowest BCUT2D eigenvalue weighted by Gasteiger charge is -2.24. The average Bonchev–Trinajstić information content (AvgIpc) is 3.12. The summed E-state index contributed by atoms with van der Waals surface area (Å²) in [5.41, 5.74) is 2.05. The maximum atomic E-state index is 11.9. The SMILES string of the molecule is CCNC(=NCC1CC(=O)Nc2ccccc21)NCCc1ccco1.I. The molecule has 0 fully saturated rings. The first-order valence-electron chi connectivity index (χ1n) is 8.69. The molecule has 0 aliphatic carbocycles. The van der Waals surface area contributed by atoms with Crippen LogP contribution >= 0.6 is 24.0 Å². The van der Waals surface area contributed by atoms with Crippen LogP contribution in [0.4, 0.5) is 5.69 Å². The monoisotopic (exact) mass is 468 g/mol. The first-order chi connectivity index (χ1) is 12.3. The summed E-state index contributed by atoms with van der Waals surface area (Å²) in [6.07, 6.45) is 2.94. The van der Waals surface area contributed by atoms with Crippen LogP contribution in [0.25, 0.3) is 0 Å². The van der Waals surface area contributed by atoms with E-state index in [-0.39, 0.29) is 35.8 Å². The zero-order valence-electron chi connectivity index (χ0n) is 14.8. The number of carbonyl (C=O) groups excluding carboxylic acids is 1. The van der Waals surface area contributed by atoms with Gasteiger partial charge >= 0.3 is 0 Å². The number of carbonyl (C=O) groups is 1. The number of benzene rings is 1. The number of halogens is 1. The van der Waals surface area contributed by atoms with Gasteiger partial charge in [0.25, 0.3) is 0 Å². The van der Waals surface area contributed by atoms with Crippen LogP contribution in [0.15, 0.2) is 52.1 Å². The molecule has 1 unspecified atom stereocenters. The Morgan fingerprint density at radius 1 is 1.27 bits per heavy atom. The number of anilines is 1. The van der Waals surface area contributed by atoms with Gasteiger partial charge in [-0.05, 0) is 30.7 Å². The Hall–Kier alpha value is -2.03. The minimum absolute atomic E-state index is 0. The highest BCUT2D eigenvalue weighted by molar-refractivity contribution is 14.0. The number of furan rings is 1. The topological polar surface area (TPSA) is 78.7 Å². The molecule has 0 spiro atoms. The lowest BCUT2D eigenvalue weighted by atomic mass is 9.91. The lowest BCUT2D eigenvalue weighted by molar-refractivity contribution is -0.116. The van der Waals surface area contributed by atoms with Gasteiger partial charge in [0.1, 0.15) is 5.76 Å². The molecule has 1 aromatic heterocycles. The molecular weight excluding hydrogens is 443 g/mol. The maximum absolute atomic E-state index is 11.9. The number of hydrogen-bond donors (Lipinski definition) is 3. The van der Waals surface area contributed by atoms with Crippen molar-refractivity contribution in [3.63, 3.8) is 0 Å². The summed E-state index contributed by atoms with van der Waals surface area (Å²) in [4.78, 5) is 16.6. The Bertz CT molecular complexity index is 731. The number of guanidine groups is 1. The molecule has 0 bridgehead atoms. The molecule has 1 amide bonds. The van der Waals surface area contributed by atoms with E-state index in [1.165, 1.54) is 0 Å². The zero-order valence-corrected chi connectivity index (χ0v) is 17.2. The van der Waals surface area contributed by atoms with Gasteiger partial charge < -0.3 is 20.4 Å². The molecule has 0 saturated heterocycles. The van der Waals surface area contributed by atoms with Crippen molar-refractivity contribution in [3.05, 3.63) is 54.0 Å². The first kappa shape index (κ1) is 20.3. The number of aliphatic imine (C=N–C) groups is 1. The smallest absolute Gasteiger partial charge is 0.225 e. The summed E-state index contributed by atoms with van der Waals surface area (Å²) in [5.74, 6) is 1.86. The van der Waals surface area contributed by atoms with E-state index in [1.807, 2.05) is 37.3 Å². The Balaban J connectivity index is 0.00000243. The minimum Gasteiger partial charge on any atom is -0.469 e. The molecule has 2 heterocycles. The van der Waals surface area contributed by atoms with E-state index in [4.69, 9.17) is 4.42 Å². The van der Waals surface area contributed by atoms with Crippen molar-refractivity contribution >= 4 is 41.5 Å². The van der Waals surface area contributed by atoms with Crippen LogP contribution in [0.3, 0.4) is 0 Å². The molecule has 3 rings (SSSR count). The van der Waals surface area contributed by atoms with Crippen LogP contribution in [-0.4, -0.2) is 31.5 Å². The predicted octanol–water partition coefficient (Wildman–Crippen LogP) is 3.12. The summed E-state index contributed by atoms with van der Waals surface area (Å²) in [6, 6.07) is 11.8. The van der Waals surface area contributed by atoms with Gasteiger partial charge in [-0.15, -0.1) is 24.0 Å². The zero-order chi connectivity index (χ0) is 17.5. The van der Waals surface area contributed by atoms with Gasteiger partial charge in [-0.1, -0.05) is 18.2 Å². The molecule has 1 aliphatic heterocycles. The largest absolute Gasteiger partial charge is 0.469 e. The molecule has 1 atom stereocenters. The molecule has 0 saturated carbocycles. The average molecular weight is 468 g/mol. The number of nitrogens with zero attached hydrogens (tertiary/aromatic N) is 1. The second kappa shape index (κ2) is 10.2. The second-order valence-electron chi connectivity index (χ2n) is 6.01. The summed E-state index contributed by atoms with van der Waals surface area (Å²) < 4.78 is 5.34. The number of amides is 1. The van der Waals surface area contributed by atoms with Crippen LogP contribution in [0.5, 0.6) is 0 Å². The van der Waals surface area contributed by atoms with Gasteiger partial charge in [-0.25, -0.2) is 0 Å². The van der Waals surface area contributed by atoms with E-state index in [2.05, 4.69) is 27.0 Å². The molecule has 0 radical (unpaired) electrons. The fraction of sp³-hybridized carbons (Fsp3) is 0.368. The van der Waals surface area contributed by atoms with Crippen LogP contribution in [0.1, 0.15) is 30.6 Å². The van der Waals surface area contributed by atoms with Crippen molar-refractivity contribution in [1.29, 1.82) is 0 Å². The van der Waals surface area contributed by atoms with E-state index in [1.54, 1.807) is 6.26 Å². The summed E-state index contributed by atoms with van der Waals surface area (Å²) in [6.45, 7) is 4.13. The number of para-hydroxylation sites is 1. The van der Waals surface area contributed by atoms with E-state index in [0.717, 1.165) is 42.5 Å². The van der Waals surface area contributed by atoms with Gasteiger partial charge in [0.15, 0.2) is 5.96 Å². The fourth-order valence-corrected chi connectivity index (χ4v) is 2.97. The Labute approximate surface area is 170 Å². The second-order valence-corrected chi connectivity index (χ2v) is 6.01. The highest BCUT2D eigenvalue weighted by atomic mass is 127. The Morgan fingerprint density at radius 2 is 2.12 bits per heavy atom. The maximum Gasteiger partial charge on any atom is 0.225 e. The molecule has 140 valence electrons. The fourth-order valence-electron chi connectivity index (χ4n) is 2.97. The van der Waals surface area contributed by atoms with Gasteiger partial charge in [-0.3, -0.25) is 9.79 Å². The van der Waals surface area contributed by atoms with Crippen molar-refractivity contribution in [3.8, 4) is 0 Å². The third-order valence-electron chi connectivity index (χ3n) is 4.16. The van der Waals surface area contributed by atoms with Crippen molar-refractivity contribution in [2.24, 2.45) is 4.99 Å².